The molecule has 5 heteroatoms. The Labute approximate surface area is 148 Å². The molecular formula is C20H24N2O3. The van der Waals surface area contributed by atoms with Crippen LogP contribution in [0.1, 0.15) is 37.0 Å². The minimum atomic E-state index is -0.206. The molecule has 0 saturated heterocycles. The summed E-state index contributed by atoms with van der Waals surface area (Å²) in [5.41, 5.74) is 1.90. The van der Waals surface area contributed by atoms with Crippen LogP contribution in [0.2, 0.25) is 0 Å². The molecule has 0 unspecified atom stereocenters. The number of methoxy groups -OCH3 is 1. The highest BCUT2D eigenvalue weighted by Gasteiger charge is 2.12. The zero-order chi connectivity index (χ0) is 18.2. The van der Waals surface area contributed by atoms with Crippen LogP contribution in [0.25, 0.3) is 0 Å². The molecule has 132 valence electrons. The summed E-state index contributed by atoms with van der Waals surface area (Å²) in [7, 11) is 1.59. The molecular weight excluding hydrogens is 316 g/mol. The Hall–Kier alpha value is -2.82. The van der Waals surface area contributed by atoms with E-state index in [1.165, 1.54) is 0 Å². The molecule has 2 aromatic rings. The molecule has 2 amide bonds. The lowest BCUT2D eigenvalue weighted by Crippen LogP contribution is -2.20. The van der Waals surface area contributed by atoms with Crippen LogP contribution in [-0.2, 0) is 4.79 Å². The van der Waals surface area contributed by atoms with Gasteiger partial charge in [-0.25, -0.2) is 0 Å². The van der Waals surface area contributed by atoms with Crippen LogP contribution < -0.4 is 15.4 Å². The third-order valence-electron chi connectivity index (χ3n) is 3.93. The zero-order valence-corrected chi connectivity index (χ0v) is 14.8. The van der Waals surface area contributed by atoms with Crippen LogP contribution in [0, 0.1) is 5.92 Å². The predicted molar refractivity (Wildman–Crippen MR) is 100 cm³/mol. The van der Waals surface area contributed by atoms with Gasteiger partial charge < -0.3 is 15.4 Å². The van der Waals surface area contributed by atoms with E-state index >= 15 is 0 Å². The Kier molecular flexibility index (Phi) is 6.57. The molecule has 0 fully saturated rings. The molecule has 0 aliphatic heterocycles. The van der Waals surface area contributed by atoms with Crippen molar-refractivity contribution in [1.82, 2.24) is 0 Å². The number of benzene rings is 2. The number of carbonyl (C=O) groups excluding carboxylic acids is 2. The van der Waals surface area contributed by atoms with Crippen molar-refractivity contribution in [2.45, 2.75) is 26.7 Å². The summed E-state index contributed by atoms with van der Waals surface area (Å²) in [4.78, 5) is 24.3. The van der Waals surface area contributed by atoms with Crippen molar-refractivity contribution in [3.05, 3.63) is 54.1 Å². The standard InChI is InChI=1S/C20H24N2O3/c1-4-5-14(2)19(23)21-16-8-6-15(7-9-16)20(24)22-17-10-12-18(25-3)13-11-17/h6-14H,4-5H2,1-3H3,(H,21,23)(H,22,24)/t14-/m0/s1. The van der Waals surface area contributed by atoms with E-state index in [0.29, 0.717) is 16.9 Å². The second kappa shape index (κ2) is 8.87. The third kappa shape index (κ3) is 5.35. The zero-order valence-electron chi connectivity index (χ0n) is 14.8. The molecule has 1 atom stereocenters. The Balaban J connectivity index is 1.96. The molecule has 0 aromatic heterocycles. The van der Waals surface area contributed by atoms with Crippen molar-refractivity contribution < 1.29 is 14.3 Å². The fourth-order valence-corrected chi connectivity index (χ4v) is 2.41. The molecule has 25 heavy (non-hydrogen) atoms. The van der Waals surface area contributed by atoms with Crippen LogP contribution in [0.5, 0.6) is 5.75 Å². The Morgan fingerprint density at radius 2 is 1.52 bits per heavy atom. The second-order valence-electron chi connectivity index (χ2n) is 5.94. The van der Waals surface area contributed by atoms with Crippen LogP contribution in [0.4, 0.5) is 11.4 Å². The first-order valence-electron chi connectivity index (χ1n) is 8.39. The fourth-order valence-electron chi connectivity index (χ4n) is 2.41. The molecule has 5 nitrogen and oxygen atoms in total. The van der Waals surface area contributed by atoms with E-state index in [9.17, 15) is 9.59 Å². The maximum atomic E-state index is 12.3. The van der Waals surface area contributed by atoms with Gasteiger partial charge in [0.2, 0.25) is 5.91 Å². The highest BCUT2D eigenvalue weighted by atomic mass is 16.5. The molecule has 0 heterocycles. The number of ether oxygens (including phenoxy) is 1. The normalized spacial score (nSPS) is 11.5. The van der Waals surface area contributed by atoms with Crippen LogP contribution in [-0.4, -0.2) is 18.9 Å². The third-order valence-corrected chi connectivity index (χ3v) is 3.93. The van der Waals surface area contributed by atoms with E-state index in [1.807, 2.05) is 6.92 Å². The van der Waals surface area contributed by atoms with Gasteiger partial charge in [-0.3, -0.25) is 9.59 Å². The summed E-state index contributed by atoms with van der Waals surface area (Å²) < 4.78 is 5.09. The molecule has 0 aliphatic carbocycles. The van der Waals surface area contributed by atoms with E-state index in [0.717, 1.165) is 18.6 Å². The molecule has 2 N–H and O–H groups in total. The van der Waals surface area contributed by atoms with Gasteiger partial charge in [-0.2, -0.15) is 0 Å². The Morgan fingerprint density at radius 1 is 0.960 bits per heavy atom. The number of hydrogen-bond donors (Lipinski definition) is 2. The molecule has 0 radical (unpaired) electrons. The summed E-state index contributed by atoms with van der Waals surface area (Å²) in [6.45, 7) is 3.97. The number of amides is 2. The molecule has 2 aromatic carbocycles. The quantitative estimate of drug-likeness (QED) is 0.788. The Bertz CT molecular complexity index is 709. The van der Waals surface area contributed by atoms with Gasteiger partial charge in [0.1, 0.15) is 5.75 Å². The number of hydrogen-bond acceptors (Lipinski definition) is 3. The molecule has 0 aliphatic rings. The minimum Gasteiger partial charge on any atom is -0.497 e. The summed E-state index contributed by atoms with van der Waals surface area (Å²) in [5, 5.41) is 5.69. The highest BCUT2D eigenvalue weighted by Crippen LogP contribution is 2.17. The number of rotatable bonds is 7. The average molecular weight is 340 g/mol. The van der Waals surface area contributed by atoms with Crippen LogP contribution >= 0.6 is 0 Å². The summed E-state index contributed by atoms with van der Waals surface area (Å²) >= 11 is 0. The summed E-state index contributed by atoms with van der Waals surface area (Å²) in [6, 6.07) is 14.0. The van der Waals surface area contributed by atoms with Crippen molar-refractivity contribution in [3.8, 4) is 5.75 Å². The largest absolute Gasteiger partial charge is 0.497 e. The SMILES string of the molecule is CCC[C@H](C)C(=O)Nc1ccc(C(=O)Nc2ccc(OC)cc2)cc1. The first-order valence-corrected chi connectivity index (χ1v) is 8.39. The van der Waals surface area contributed by atoms with Gasteiger partial charge in [-0.1, -0.05) is 20.3 Å². The minimum absolute atomic E-state index is 0.00251. The summed E-state index contributed by atoms with van der Waals surface area (Å²) in [6.07, 6.45) is 1.83. The van der Waals surface area contributed by atoms with Crippen molar-refractivity contribution in [3.63, 3.8) is 0 Å². The lowest BCUT2D eigenvalue weighted by molar-refractivity contribution is -0.119. The van der Waals surface area contributed by atoms with E-state index in [4.69, 9.17) is 4.74 Å². The van der Waals surface area contributed by atoms with Crippen LogP contribution in [0.15, 0.2) is 48.5 Å². The van der Waals surface area contributed by atoms with Gasteiger partial charge in [0.25, 0.3) is 5.91 Å². The maximum absolute atomic E-state index is 12.3. The Morgan fingerprint density at radius 3 is 2.08 bits per heavy atom. The van der Waals surface area contributed by atoms with E-state index in [-0.39, 0.29) is 17.7 Å². The van der Waals surface area contributed by atoms with Gasteiger partial charge in [0.15, 0.2) is 0 Å². The topological polar surface area (TPSA) is 67.4 Å². The van der Waals surface area contributed by atoms with Crippen molar-refractivity contribution >= 4 is 23.2 Å². The van der Waals surface area contributed by atoms with Gasteiger partial charge in [0.05, 0.1) is 7.11 Å². The van der Waals surface area contributed by atoms with Crippen LogP contribution in [0.3, 0.4) is 0 Å². The monoisotopic (exact) mass is 340 g/mol. The first kappa shape index (κ1) is 18.5. The van der Waals surface area contributed by atoms with Crippen molar-refractivity contribution in [2.75, 3.05) is 17.7 Å². The second-order valence-corrected chi connectivity index (χ2v) is 5.94. The molecule has 2 rings (SSSR count). The average Bonchev–Trinajstić information content (AvgIpc) is 2.63. The van der Waals surface area contributed by atoms with Crippen molar-refractivity contribution in [1.29, 1.82) is 0 Å². The van der Waals surface area contributed by atoms with Gasteiger partial charge >= 0.3 is 0 Å². The van der Waals surface area contributed by atoms with E-state index in [2.05, 4.69) is 17.6 Å². The lowest BCUT2D eigenvalue weighted by atomic mass is 10.1. The van der Waals surface area contributed by atoms with Gasteiger partial charge in [-0.15, -0.1) is 0 Å². The van der Waals surface area contributed by atoms with E-state index < -0.39 is 0 Å². The van der Waals surface area contributed by atoms with E-state index in [1.54, 1.807) is 55.6 Å². The van der Waals surface area contributed by atoms with Gasteiger partial charge in [-0.05, 0) is 55.0 Å². The molecule has 0 spiro atoms. The first-order chi connectivity index (χ1) is 12.0. The highest BCUT2D eigenvalue weighted by molar-refractivity contribution is 6.04. The van der Waals surface area contributed by atoms with Gasteiger partial charge in [0, 0.05) is 22.9 Å². The molecule has 0 saturated carbocycles. The number of nitrogens with one attached hydrogen (secondary N) is 2. The summed E-state index contributed by atoms with van der Waals surface area (Å²) in [5.74, 6) is 0.498. The molecule has 0 bridgehead atoms. The van der Waals surface area contributed by atoms with Crippen molar-refractivity contribution in [2.24, 2.45) is 5.92 Å². The lowest BCUT2D eigenvalue weighted by Gasteiger charge is -2.11. The number of carbonyl (C=O) groups is 2. The smallest absolute Gasteiger partial charge is 0.255 e. The predicted octanol–water partition coefficient (Wildman–Crippen LogP) is 4.32. The maximum Gasteiger partial charge on any atom is 0.255 e. The fraction of sp³-hybridized carbons (Fsp3) is 0.300. The number of anilines is 2.